The molecule has 1 aromatic heterocycles. The van der Waals surface area contributed by atoms with Crippen molar-refractivity contribution in [2.45, 2.75) is 64.5 Å². The molecule has 0 saturated heterocycles. The van der Waals surface area contributed by atoms with Gasteiger partial charge in [0.2, 0.25) is 17.6 Å². The van der Waals surface area contributed by atoms with Gasteiger partial charge in [-0.05, 0) is 38.8 Å². The van der Waals surface area contributed by atoms with E-state index in [0.29, 0.717) is 12.1 Å². The molecule has 16 heteroatoms. The molecule has 0 spiro atoms. The van der Waals surface area contributed by atoms with Crippen molar-refractivity contribution < 1.29 is 45.5 Å². The average Bonchev–Trinajstić information content (AvgIpc) is 3.24. The summed E-state index contributed by atoms with van der Waals surface area (Å²) in [6, 6.07) is -0.240. The van der Waals surface area contributed by atoms with Crippen LogP contribution in [0.2, 0.25) is 0 Å². The van der Waals surface area contributed by atoms with Crippen molar-refractivity contribution in [2.75, 3.05) is 13.1 Å². The molecule has 10 nitrogen and oxygen atoms in total. The maximum atomic E-state index is 14.3. The van der Waals surface area contributed by atoms with Gasteiger partial charge < -0.3 is 24.8 Å². The van der Waals surface area contributed by atoms with Gasteiger partial charge in [0.15, 0.2) is 17.5 Å². The van der Waals surface area contributed by atoms with E-state index in [1.807, 2.05) is 0 Å². The number of amides is 3. The van der Waals surface area contributed by atoms with Crippen LogP contribution < -0.4 is 10.6 Å². The average molecular weight is 564 g/mol. The standard InChI is InChI=1S/C23H26F6N6O4/c1-22(2,3)39-21(38)30-10-18(36)31-13(6-12-7-15(25)16(26)9-14(12)24)8-19(37)34-4-5-35-17(11-34)32-33-20(35)23(27,28)29/h7,9,13H,4-6,8,10-11H2,1-3H3,(H,30,38)(H,31,36). The van der Waals surface area contributed by atoms with E-state index >= 15 is 0 Å². The lowest BCUT2D eigenvalue weighted by Gasteiger charge is -2.30. The zero-order valence-electron chi connectivity index (χ0n) is 21.2. The van der Waals surface area contributed by atoms with E-state index in [1.165, 1.54) is 4.90 Å². The third kappa shape index (κ3) is 8.07. The minimum atomic E-state index is -4.73. The topological polar surface area (TPSA) is 118 Å². The van der Waals surface area contributed by atoms with Crippen LogP contribution in [0.5, 0.6) is 0 Å². The molecule has 0 saturated carbocycles. The second-order valence-electron chi connectivity index (χ2n) is 9.79. The number of hydrogen-bond acceptors (Lipinski definition) is 6. The van der Waals surface area contributed by atoms with Gasteiger partial charge >= 0.3 is 12.3 Å². The molecule has 1 aliphatic rings. The van der Waals surface area contributed by atoms with Crippen molar-refractivity contribution in [3.63, 3.8) is 0 Å². The number of nitrogens with zero attached hydrogens (tertiary/aromatic N) is 4. The first kappa shape index (κ1) is 29.7. The van der Waals surface area contributed by atoms with Gasteiger partial charge in [0.1, 0.15) is 18.0 Å². The second-order valence-corrected chi connectivity index (χ2v) is 9.79. The maximum Gasteiger partial charge on any atom is 0.451 e. The molecular weight excluding hydrogens is 538 g/mol. The van der Waals surface area contributed by atoms with E-state index in [4.69, 9.17) is 4.74 Å². The SMILES string of the molecule is CC(C)(C)OC(=O)NCC(=O)NC(CC(=O)N1CCn2c(nnc2C(F)(F)F)C1)Cc1cc(F)c(F)cc1F. The normalized spacial score (nSPS) is 14.4. The molecule has 3 rings (SSSR count). The number of carbonyl (C=O) groups is 3. The smallest absolute Gasteiger partial charge is 0.444 e. The summed E-state index contributed by atoms with van der Waals surface area (Å²) in [7, 11) is 0. The van der Waals surface area contributed by atoms with Gasteiger partial charge in [-0.1, -0.05) is 0 Å². The zero-order valence-corrected chi connectivity index (χ0v) is 21.2. The molecule has 214 valence electrons. The highest BCUT2D eigenvalue weighted by atomic mass is 19.4. The highest BCUT2D eigenvalue weighted by Crippen LogP contribution is 2.29. The molecule has 0 bridgehead atoms. The van der Waals surface area contributed by atoms with Crippen LogP contribution in [0.4, 0.5) is 31.1 Å². The number of halogens is 6. The van der Waals surface area contributed by atoms with E-state index in [9.17, 15) is 40.7 Å². The Bertz CT molecular complexity index is 1240. The van der Waals surface area contributed by atoms with Gasteiger partial charge in [0.05, 0.1) is 6.54 Å². The molecule has 0 radical (unpaired) electrons. The Morgan fingerprint density at radius 2 is 1.69 bits per heavy atom. The molecule has 39 heavy (non-hydrogen) atoms. The van der Waals surface area contributed by atoms with Crippen LogP contribution in [-0.2, 0) is 40.0 Å². The molecular formula is C23H26F6N6O4. The molecule has 2 N–H and O–H groups in total. The van der Waals surface area contributed by atoms with Crippen LogP contribution in [0.1, 0.15) is 44.4 Å². The van der Waals surface area contributed by atoms with E-state index in [1.54, 1.807) is 20.8 Å². The number of hydrogen-bond donors (Lipinski definition) is 2. The van der Waals surface area contributed by atoms with E-state index in [-0.39, 0.29) is 31.0 Å². The van der Waals surface area contributed by atoms with E-state index < -0.39 is 78.4 Å². The number of rotatable bonds is 7. The van der Waals surface area contributed by atoms with Crippen LogP contribution >= 0.6 is 0 Å². The Kier molecular flexibility index (Phi) is 8.75. The predicted octanol–water partition coefficient (Wildman–Crippen LogP) is 2.70. The number of carbonyl (C=O) groups excluding carboxylic acids is 3. The highest BCUT2D eigenvalue weighted by Gasteiger charge is 2.40. The van der Waals surface area contributed by atoms with Gasteiger partial charge in [-0.25, -0.2) is 18.0 Å². The first-order valence-corrected chi connectivity index (χ1v) is 11.7. The van der Waals surface area contributed by atoms with Gasteiger partial charge in [-0.3, -0.25) is 9.59 Å². The van der Waals surface area contributed by atoms with Crippen molar-refractivity contribution >= 4 is 17.9 Å². The molecule has 1 atom stereocenters. The van der Waals surface area contributed by atoms with Crippen LogP contribution in [0.25, 0.3) is 0 Å². The quantitative estimate of drug-likeness (QED) is 0.395. The summed E-state index contributed by atoms with van der Waals surface area (Å²) in [5.41, 5.74) is -1.17. The lowest BCUT2D eigenvalue weighted by Crippen LogP contribution is -2.47. The lowest BCUT2D eigenvalue weighted by molar-refractivity contribution is -0.148. The number of alkyl carbamates (subject to hydrolysis) is 1. The van der Waals surface area contributed by atoms with Crippen LogP contribution in [-0.4, -0.2) is 62.3 Å². The van der Waals surface area contributed by atoms with Crippen LogP contribution in [0.15, 0.2) is 12.1 Å². The Morgan fingerprint density at radius 3 is 2.33 bits per heavy atom. The molecule has 0 fully saturated rings. The Balaban J connectivity index is 1.72. The summed E-state index contributed by atoms with van der Waals surface area (Å²) in [4.78, 5) is 38.5. The first-order chi connectivity index (χ1) is 18.0. The summed E-state index contributed by atoms with van der Waals surface area (Å²) in [5, 5.41) is 11.3. The first-order valence-electron chi connectivity index (χ1n) is 11.7. The summed E-state index contributed by atoms with van der Waals surface area (Å²) in [6.45, 7) is 3.58. The highest BCUT2D eigenvalue weighted by molar-refractivity contribution is 5.83. The number of ether oxygens (including phenoxy) is 1. The molecule has 3 amide bonds. The molecule has 2 aromatic rings. The predicted molar refractivity (Wildman–Crippen MR) is 121 cm³/mol. The Morgan fingerprint density at radius 1 is 1.03 bits per heavy atom. The van der Waals surface area contributed by atoms with Crippen molar-refractivity contribution in [2.24, 2.45) is 0 Å². The van der Waals surface area contributed by atoms with Gasteiger partial charge in [-0.15, -0.1) is 10.2 Å². The molecule has 2 heterocycles. The van der Waals surface area contributed by atoms with E-state index in [2.05, 4.69) is 20.8 Å². The number of benzene rings is 1. The summed E-state index contributed by atoms with van der Waals surface area (Å²) in [6.07, 6.45) is -6.53. The zero-order chi connectivity index (χ0) is 29.1. The third-order valence-electron chi connectivity index (χ3n) is 5.49. The maximum absolute atomic E-state index is 14.3. The Labute approximate surface area is 218 Å². The van der Waals surface area contributed by atoms with Crippen molar-refractivity contribution in [1.29, 1.82) is 0 Å². The summed E-state index contributed by atoms with van der Waals surface area (Å²) < 4.78 is 86.5. The third-order valence-corrected chi connectivity index (χ3v) is 5.49. The van der Waals surface area contributed by atoms with Crippen molar-refractivity contribution in [3.05, 3.63) is 46.8 Å². The minimum absolute atomic E-state index is 0.101. The fourth-order valence-corrected chi connectivity index (χ4v) is 3.83. The Hall–Kier alpha value is -3.85. The molecule has 1 unspecified atom stereocenters. The molecule has 1 aliphatic heterocycles. The van der Waals surface area contributed by atoms with Gasteiger partial charge in [-0.2, -0.15) is 13.2 Å². The largest absolute Gasteiger partial charge is 0.451 e. The van der Waals surface area contributed by atoms with Crippen LogP contribution in [0, 0.1) is 17.5 Å². The second kappa shape index (κ2) is 11.5. The fourth-order valence-electron chi connectivity index (χ4n) is 3.83. The van der Waals surface area contributed by atoms with E-state index in [0.717, 1.165) is 4.57 Å². The van der Waals surface area contributed by atoms with Gasteiger partial charge in [0.25, 0.3) is 0 Å². The van der Waals surface area contributed by atoms with Crippen LogP contribution in [0.3, 0.4) is 0 Å². The summed E-state index contributed by atoms with van der Waals surface area (Å²) >= 11 is 0. The van der Waals surface area contributed by atoms with Gasteiger partial charge in [0, 0.05) is 31.6 Å². The molecule has 1 aromatic carbocycles. The van der Waals surface area contributed by atoms with Crippen molar-refractivity contribution in [3.8, 4) is 0 Å². The fraction of sp³-hybridized carbons (Fsp3) is 0.522. The number of aromatic nitrogens is 3. The minimum Gasteiger partial charge on any atom is -0.444 e. The lowest BCUT2D eigenvalue weighted by atomic mass is 10.0. The monoisotopic (exact) mass is 564 g/mol. The number of fused-ring (bicyclic) bond motifs is 1. The van der Waals surface area contributed by atoms with Crippen molar-refractivity contribution in [1.82, 2.24) is 30.3 Å². The molecule has 0 aliphatic carbocycles. The summed E-state index contributed by atoms with van der Waals surface area (Å²) in [5.74, 6) is -6.61. The number of nitrogens with one attached hydrogen (secondary N) is 2. The number of alkyl halides is 3.